The number of piperazine rings is 1. The van der Waals surface area contributed by atoms with Crippen molar-refractivity contribution in [2.75, 3.05) is 45.9 Å². The second-order valence-electron chi connectivity index (χ2n) is 7.38. The van der Waals surface area contributed by atoms with Crippen LogP contribution in [-0.4, -0.2) is 89.6 Å². The lowest BCUT2D eigenvalue weighted by Crippen LogP contribution is -2.60. The van der Waals surface area contributed by atoms with Gasteiger partial charge in [0.15, 0.2) is 5.69 Å². The maximum atomic E-state index is 12.6. The molecule has 0 bridgehead atoms. The predicted molar refractivity (Wildman–Crippen MR) is 92.8 cm³/mol. The third kappa shape index (κ3) is 3.55. The van der Waals surface area contributed by atoms with Crippen LogP contribution >= 0.6 is 0 Å². The normalized spacial score (nSPS) is 23.4. The van der Waals surface area contributed by atoms with E-state index in [4.69, 9.17) is 9.26 Å². The van der Waals surface area contributed by atoms with Gasteiger partial charge in [-0.1, -0.05) is 5.16 Å². The monoisotopic (exact) mass is 376 g/mol. The summed E-state index contributed by atoms with van der Waals surface area (Å²) in [7, 11) is 0. The number of hydrogen-bond donors (Lipinski definition) is 0. The van der Waals surface area contributed by atoms with Gasteiger partial charge < -0.3 is 24.0 Å². The molecule has 0 saturated carbocycles. The zero-order chi connectivity index (χ0) is 19.0. The summed E-state index contributed by atoms with van der Waals surface area (Å²) >= 11 is 0. The fourth-order valence-corrected chi connectivity index (χ4v) is 3.81. The van der Waals surface area contributed by atoms with Crippen LogP contribution in [0.25, 0.3) is 0 Å². The quantitative estimate of drug-likeness (QED) is 0.731. The van der Waals surface area contributed by atoms with E-state index in [9.17, 15) is 14.4 Å². The van der Waals surface area contributed by atoms with Crippen molar-refractivity contribution in [3.05, 3.63) is 17.5 Å². The van der Waals surface area contributed by atoms with E-state index in [1.165, 1.54) is 0 Å². The van der Waals surface area contributed by atoms with Gasteiger partial charge in [0, 0.05) is 51.9 Å². The number of amides is 3. The molecule has 3 saturated heterocycles. The molecule has 0 aliphatic carbocycles. The van der Waals surface area contributed by atoms with Crippen LogP contribution in [-0.2, 0) is 14.3 Å². The van der Waals surface area contributed by atoms with E-state index < -0.39 is 0 Å². The minimum atomic E-state index is -0.307. The number of likely N-dealkylation sites (tertiary alicyclic amines) is 1. The van der Waals surface area contributed by atoms with Crippen LogP contribution < -0.4 is 0 Å². The summed E-state index contributed by atoms with van der Waals surface area (Å²) in [6, 6.07) is 1.60. The van der Waals surface area contributed by atoms with Gasteiger partial charge in [-0.05, 0) is 19.8 Å². The molecule has 1 atom stereocenters. The average Bonchev–Trinajstić information content (AvgIpc) is 3.31. The van der Waals surface area contributed by atoms with E-state index in [0.717, 1.165) is 12.8 Å². The van der Waals surface area contributed by atoms with Crippen LogP contribution in [0.5, 0.6) is 0 Å². The van der Waals surface area contributed by atoms with Crippen molar-refractivity contribution in [1.82, 2.24) is 19.9 Å². The summed E-state index contributed by atoms with van der Waals surface area (Å²) in [6.45, 7) is 5.33. The van der Waals surface area contributed by atoms with E-state index in [0.29, 0.717) is 51.6 Å². The number of carbonyl (C=O) groups is 3. The molecule has 0 spiro atoms. The molecule has 9 heteroatoms. The van der Waals surface area contributed by atoms with E-state index in [1.807, 2.05) is 0 Å². The van der Waals surface area contributed by atoms with Crippen LogP contribution in [0.3, 0.4) is 0 Å². The Morgan fingerprint density at radius 1 is 1.04 bits per heavy atom. The zero-order valence-electron chi connectivity index (χ0n) is 15.4. The van der Waals surface area contributed by atoms with E-state index in [2.05, 4.69) is 5.16 Å². The molecule has 3 amide bonds. The minimum Gasteiger partial charge on any atom is -0.368 e. The number of aryl methyl sites for hydroxylation is 1. The summed E-state index contributed by atoms with van der Waals surface area (Å²) in [4.78, 5) is 42.5. The molecule has 4 rings (SSSR count). The molecule has 27 heavy (non-hydrogen) atoms. The lowest BCUT2D eigenvalue weighted by molar-refractivity contribution is -0.149. The van der Waals surface area contributed by atoms with Crippen molar-refractivity contribution in [3.63, 3.8) is 0 Å². The molecule has 146 valence electrons. The number of carbonyl (C=O) groups excluding carboxylic acids is 3. The second-order valence-corrected chi connectivity index (χ2v) is 7.38. The Hall–Kier alpha value is -2.42. The molecule has 3 aliphatic rings. The van der Waals surface area contributed by atoms with Gasteiger partial charge in [-0.25, -0.2) is 0 Å². The second kappa shape index (κ2) is 7.30. The highest BCUT2D eigenvalue weighted by Gasteiger charge is 2.40. The van der Waals surface area contributed by atoms with Crippen molar-refractivity contribution in [3.8, 4) is 0 Å². The standard InChI is InChI=1S/C18H24N4O5/c1-12-9-14(19-27-12)17(24)22-10-13(11-22)16(23)20-4-6-21(7-5-20)18(25)15-3-2-8-26-15/h9,13,15H,2-8,10-11H2,1H3. The first-order valence-electron chi connectivity index (χ1n) is 9.44. The van der Waals surface area contributed by atoms with Crippen molar-refractivity contribution in [2.45, 2.75) is 25.9 Å². The van der Waals surface area contributed by atoms with Crippen LogP contribution in [0.4, 0.5) is 0 Å². The molecule has 0 aromatic carbocycles. The van der Waals surface area contributed by atoms with Gasteiger partial charge in [0.1, 0.15) is 11.9 Å². The van der Waals surface area contributed by atoms with Crippen LogP contribution in [0.15, 0.2) is 10.6 Å². The van der Waals surface area contributed by atoms with Crippen LogP contribution in [0.1, 0.15) is 29.1 Å². The highest BCUT2D eigenvalue weighted by atomic mass is 16.5. The predicted octanol–water partition coefficient (Wildman–Crippen LogP) is -0.0952. The molecular formula is C18H24N4O5. The number of nitrogens with zero attached hydrogens (tertiary/aromatic N) is 4. The Morgan fingerprint density at radius 2 is 1.70 bits per heavy atom. The lowest BCUT2D eigenvalue weighted by atomic mass is 9.97. The van der Waals surface area contributed by atoms with Crippen molar-refractivity contribution in [2.24, 2.45) is 5.92 Å². The molecule has 1 aromatic heterocycles. The van der Waals surface area contributed by atoms with Gasteiger partial charge in [-0.2, -0.15) is 0 Å². The Labute approximate surface area is 157 Å². The average molecular weight is 376 g/mol. The maximum absolute atomic E-state index is 12.6. The smallest absolute Gasteiger partial charge is 0.276 e. The molecule has 4 heterocycles. The Morgan fingerprint density at radius 3 is 2.26 bits per heavy atom. The first-order valence-corrected chi connectivity index (χ1v) is 9.44. The summed E-state index contributed by atoms with van der Waals surface area (Å²) in [6.07, 6.45) is 1.41. The first-order chi connectivity index (χ1) is 13.0. The summed E-state index contributed by atoms with van der Waals surface area (Å²) in [5.74, 6) is 0.301. The number of aromatic nitrogens is 1. The molecule has 0 radical (unpaired) electrons. The Kier molecular flexibility index (Phi) is 4.86. The van der Waals surface area contributed by atoms with Crippen molar-refractivity contribution >= 4 is 17.7 Å². The number of hydrogen-bond acceptors (Lipinski definition) is 6. The Bertz CT molecular complexity index is 728. The molecule has 3 aliphatic heterocycles. The molecule has 0 N–H and O–H groups in total. The van der Waals surface area contributed by atoms with Crippen LogP contribution in [0, 0.1) is 12.8 Å². The molecule has 1 unspecified atom stereocenters. The van der Waals surface area contributed by atoms with Gasteiger partial charge in [0.2, 0.25) is 5.91 Å². The molecule has 3 fully saturated rings. The summed E-state index contributed by atoms with van der Waals surface area (Å²) in [5, 5.41) is 3.73. The first kappa shape index (κ1) is 18.0. The highest BCUT2D eigenvalue weighted by molar-refractivity contribution is 5.94. The van der Waals surface area contributed by atoms with Crippen LogP contribution in [0.2, 0.25) is 0 Å². The zero-order valence-corrected chi connectivity index (χ0v) is 15.4. The molecule has 9 nitrogen and oxygen atoms in total. The molecular weight excluding hydrogens is 352 g/mol. The minimum absolute atomic E-state index is 0.0444. The largest absolute Gasteiger partial charge is 0.368 e. The lowest BCUT2D eigenvalue weighted by Gasteiger charge is -2.42. The third-order valence-electron chi connectivity index (χ3n) is 5.47. The van der Waals surface area contributed by atoms with E-state index in [-0.39, 0.29) is 35.4 Å². The van der Waals surface area contributed by atoms with Gasteiger partial charge in [0.05, 0.1) is 5.92 Å². The summed E-state index contributed by atoms with van der Waals surface area (Å²) < 4.78 is 10.4. The third-order valence-corrected chi connectivity index (χ3v) is 5.47. The Balaban J connectivity index is 1.23. The fourth-order valence-electron chi connectivity index (χ4n) is 3.81. The van der Waals surface area contributed by atoms with Gasteiger partial charge >= 0.3 is 0 Å². The van der Waals surface area contributed by atoms with Gasteiger partial charge in [0.25, 0.3) is 11.8 Å². The highest BCUT2D eigenvalue weighted by Crippen LogP contribution is 2.22. The fraction of sp³-hybridized carbons (Fsp3) is 0.667. The van der Waals surface area contributed by atoms with E-state index in [1.54, 1.807) is 27.7 Å². The van der Waals surface area contributed by atoms with Gasteiger partial charge in [-0.3, -0.25) is 14.4 Å². The number of rotatable bonds is 3. The maximum Gasteiger partial charge on any atom is 0.276 e. The van der Waals surface area contributed by atoms with E-state index >= 15 is 0 Å². The van der Waals surface area contributed by atoms with Crippen molar-refractivity contribution in [1.29, 1.82) is 0 Å². The topological polar surface area (TPSA) is 96.2 Å². The SMILES string of the molecule is Cc1cc(C(=O)N2CC(C(=O)N3CCN(C(=O)C4CCCO4)CC3)C2)no1. The number of ether oxygens (including phenoxy) is 1. The summed E-state index contributed by atoms with van der Waals surface area (Å²) in [5.41, 5.74) is 0.277. The molecule has 1 aromatic rings. The van der Waals surface area contributed by atoms with Gasteiger partial charge in [-0.15, -0.1) is 0 Å². The van der Waals surface area contributed by atoms with Crippen molar-refractivity contribution < 1.29 is 23.6 Å².